The first-order valence-corrected chi connectivity index (χ1v) is 6.96. The van der Waals surface area contributed by atoms with Crippen LogP contribution in [0.2, 0.25) is 0 Å². The molecule has 1 aromatic carbocycles. The fourth-order valence-corrected chi connectivity index (χ4v) is 3.14. The van der Waals surface area contributed by atoms with E-state index in [0.717, 1.165) is 32.5 Å². The van der Waals surface area contributed by atoms with Crippen molar-refractivity contribution in [3.05, 3.63) is 35.9 Å². The van der Waals surface area contributed by atoms with Crippen LogP contribution >= 0.6 is 0 Å². The Bertz CT molecular complexity index is 452. The molecule has 1 aromatic rings. The lowest BCUT2D eigenvalue weighted by atomic mass is 9.96. The maximum absolute atomic E-state index is 11.8. The minimum Gasteiger partial charge on any atom is -0.337 e. The molecule has 3 rings (SSSR count). The summed E-state index contributed by atoms with van der Waals surface area (Å²) in [6.45, 7) is 3.47. The second-order valence-electron chi connectivity index (χ2n) is 5.72. The molecular formula is C15H21N3O. The van der Waals surface area contributed by atoms with E-state index in [1.54, 1.807) is 0 Å². The number of benzene rings is 1. The molecule has 0 aliphatic carbocycles. The molecular weight excluding hydrogens is 238 g/mol. The topological polar surface area (TPSA) is 35.6 Å². The van der Waals surface area contributed by atoms with Gasteiger partial charge in [0.2, 0.25) is 5.91 Å². The van der Waals surface area contributed by atoms with Crippen LogP contribution in [0.3, 0.4) is 0 Å². The van der Waals surface area contributed by atoms with E-state index in [-0.39, 0.29) is 11.6 Å². The molecule has 0 atom stereocenters. The fraction of sp³-hybridized carbons (Fsp3) is 0.533. The number of amides is 1. The van der Waals surface area contributed by atoms with Gasteiger partial charge in [-0.15, -0.1) is 0 Å². The van der Waals surface area contributed by atoms with Crippen LogP contribution in [-0.4, -0.2) is 48.1 Å². The zero-order valence-electron chi connectivity index (χ0n) is 11.4. The lowest BCUT2D eigenvalue weighted by Gasteiger charge is -2.43. The number of nitrogens with one attached hydrogen (secondary N) is 1. The smallest absolute Gasteiger partial charge is 0.235 e. The summed E-state index contributed by atoms with van der Waals surface area (Å²) in [5, 5.41) is 3.22. The molecule has 1 N–H and O–H groups in total. The van der Waals surface area contributed by atoms with Crippen molar-refractivity contribution in [1.82, 2.24) is 15.1 Å². The second-order valence-corrected chi connectivity index (χ2v) is 5.72. The Labute approximate surface area is 114 Å². The molecule has 2 aliphatic rings. The van der Waals surface area contributed by atoms with Crippen molar-refractivity contribution in [1.29, 1.82) is 0 Å². The average molecular weight is 259 g/mol. The highest BCUT2D eigenvalue weighted by atomic mass is 16.2. The maximum Gasteiger partial charge on any atom is 0.235 e. The van der Waals surface area contributed by atoms with E-state index in [0.29, 0.717) is 6.54 Å². The summed E-state index contributed by atoms with van der Waals surface area (Å²) in [6.07, 6.45) is 2.03. The third kappa shape index (κ3) is 2.51. The number of nitrogens with zero attached hydrogens (tertiary/aromatic N) is 2. The monoisotopic (exact) mass is 259 g/mol. The molecule has 0 aromatic heterocycles. The van der Waals surface area contributed by atoms with Crippen molar-refractivity contribution in [2.45, 2.75) is 25.0 Å². The largest absolute Gasteiger partial charge is 0.337 e. The molecule has 2 saturated heterocycles. The van der Waals surface area contributed by atoms with E-state index in [1.807, 2.05) is 6.07 Å². The lowest BCUT2D eigenvalue weighted by Crippen LogP contribution is -2.57. The minimum atomic E-state index is -0.112. The number of carbonyl (C=O) groups is 1. The van der Waals surface area contributed by atoms with Gasteiger partial charge in [0.05, 0.1) is 12.2 Å². The Morgan fingerprint density at radius 2 is 1.89 bits per heavy atom. The fourth-order valence-electron chi connectivity index (χ4n) is 3.14. The van der Waals surface area contributed by atoms with E-state index in [1.165, 1.54) is 5.56 Å². The summed E-state index contributed by atoms with van der Waals surface area (Å²) in [5.74, 6) is 0.167. The number of carbonyl (C=O) groups excluding carboxylic acids is 1. The summed E-state index contributed by atoms with van der Waals surface area (Å²) in [6, 6.07) is 10.4. The van der Waals surface area contributed by atoms with Crippen LogP contribution in [0.4, 0.5) is 0 Å². The molecule has 0 bridgehead atoms. The predicted molar refractivity (Wildman–Crippen MR) is 74.5 cm³/mol. The first-order valence-electron chi connectivity index (χ1n) is 6.96. The van der Waals surface area contributed by atoms with Crippen LogP contribution in [0.1, 0.15) is 18.4 Å². The molecule has 4 heteroatoms. The van der Waals surface area contributed by atoms with Gasteiger partial charge in [0.1, 0.15) is 0 Å². The third-order valence-corrected chi connectivity index (χ3v) is 4.34. The number of hydrogen-bond acceptors (Lipinski definition) is 3. The molecule has 2 fully saturated rings. The normalized spacial score (nSPS) is 23.7. The van der Waals surface area contributed by atoms with Crippen LogP contribution in [0, 0.1) is 0 Å². The molecule has 1 amide bonds. The predicted octanol–water partition coefficient (Wildman–Crippen LogP) is 1.04. The molecule has 2 aliphatic heterocycles. The van der Waals surface area contributed by atoms with Crippen molar-refractivity contribution in [2.24, 2.45) is 0 Å². The Morgan fingerprint density at radius 3 is 2.58 bits per heavy atom. The lowest BCUT2D eigenvalue weighted by molar-refractivity contribution is -0.119. The summed E-state index contributed by atoms with van der Waals surface area (Å²) < 4.78 is 0. The number of likely N-dealkylation sites (tertiary alicyclic amines) is 1. The van der Waals surface area contributed by atoms with Gasteiger partial charge >= 0.3 is 0 Å². The Balaban J connectivity index is 1.77. The van der Waals surface area contributed by atoms with Gasteiger partial charge in [-0.05, 0) is 25.5 Å². The number of hydrogen-bond donors (Lipinski definition) is 1. The van der Waals surface area contributed by atoms with Crippen LogP contribution in [0.5, 0.6) is 0 Å². The van der Waals surface area contributed by atoms with Crippen molar-refractivity contribution in [3.63, 3.8) is 0 Å². The zero-order chi connectivity index (χ0) is 13.3. The van der Waals surface area contributed by atoms with Gasteiger partial charge < -0.3 is 10.2 Å². The number of piperidine rings is 1. The second kappa shape index (κ2) is 4.94. The highest BCUT2D eigenvalue weighted by Gasteiger charge is 2.45. The van der Waals surface area contributed by atoms with Gasteiger partial charge in [-0.3, -0.25) is 9.69 Å². The SMILES string of the molecule is CN1CCC2(CC1)NC(=O)CN2Cc1ccccc1. The van der Waals surface area contributed by atoms with Gasteiger partial charge in [-0.1, -0.05) is 30.3 Å². The van der Waals surface area contributed by atoms with E-state index in [4.69, 9.17) is 0 Å². The summed E-state index contributed by atoms with van der Waals surface area (Å²) >= 11 is 0. The van der Waals surface area contributed by atoms with E-state index in [2.05, 4.69) is 46.4 Å². The standard InChI is InChI=1S/C15H21N3O/c1-17-9-7-15(8-10-17)16-14(19)12-18(15)11-13-5-3-2-4-6-13/h2-6H,7-12H2,1H3,(H,16,19). The molecule has 0 saturated carbocycles. The van der Waals surface area contributed by atoms with Crippen molar-refractivity contribution < 1.29 is 4.79 Å². The van der Waals surface area contributed by atoms with Gasteiger partial charge in [-0.25, -0.2) is 0 Å². The van der Waals surface area contributed by atoms with Crippen molar-refractivity contribution >= 4 is 5.91 Å². The molecule has 19 heavy (non-hydrogen) atoms. The van der Waals surface area contributed by atoms with Gasteiger partial charge in [0.25, 0.3) is 0 Å². The summed E-state index contributed by atoms with van der Waals surface area (Å²) in [4.78, 5) is 16.5. The molecule has 2 heterocycles. The van der Waals surface area contributed by atoms with Crippen LogP contribution in [0.25, 0.3) is 0 Å². The van der Waals surface area contributed by atoms with Crippen LogP contribution in [0.15, 0.2) is 30.3 Å². The first-order chi connectivity index (χ1) is 9.18. The van der Waals surface area contributed by atoms with Gasteiger partial charge in [0.15, 0.2) is 0 Å². The van der Waals surface area contributed by atoms with Crippen LogP contribution < -0.4 is 5.32 Å². The summed E-state index contributed by atoms with van der Waals surface area (Å²) in [5.41, 5.74) is 1.16. The molecule has 4 nitrogen and oxygen atoms in total. The molecule has 0 unspecified atom stereocenters. The van der Waals surface area contributed by atoms with Crippen LogP contribution in [-0.2, 0) is 11.3 Å². The molecule has 102 valence electrons. The third-order valence-electron chi connectivity index (χ3n) is 4.34. The van der Waals surface area contributed by atoms with E-state index >= 15 is 0 Å². The summed E-state index contributed by atoms with van der Waals surface area (Å²) in [7, 11) is 2.14. The Morgan fingerprint density at radius 1 is 1.21 bits per heavy atom. The Kier molecular flexibility index (Phi) is 3.29. The molecule has 0 radical (unpaired) electrons. The Hall–Kier alpha value is -1.39. The quantitative estimate of drug-likeness (QED) is 0.862. The van der Waals surface area contributed by atoms with Crippen molar-refractivity contribution in [3.8, 4) is 0 Å². The minimum absolute atomic E-state index is 0.112. The number of rotatable bonds is 2. The van der Waals surface area contributed by atoms with Crippen molar-refractivity contribution in [2.75, 3.05) is 26.7 Å². The first kappa shape index (κ1) is 12.6. The maximum atomic E-state index is 11.8. The van der Waals surface area contributed by atoms with E-state index in [9.17, 15) is 4.79 Å². The molecule has 1 spiro atoms. The highest BCUT2D eigenvalue weighted by molar-refractivity contribution is 5.81. The highest BCUT2D eigenvalue weighted by Crippen LogP contribution is 2.30. The average Bonchev–Trinajstić information content (AvgIpc) is 2.71. The van der Waals surface area contributed by atoms with Gasteiger partial charge in [0, 0.05) is 19.6 Å². The van der Waals surface area contributed by atoms with E-state index < -0.39 is 0 Å². The van der Waals surface area contributed by atoms with Gasteiger partial charge in [-0.2, -0.15) is 0 Å². The zero-order valence-corrected chi connectivity index (χ0v) is 11.4.